The molecule has 3 heterocycles. The number of rotatable bonds is 5. The third-order valence-corrected chi connectivity index (χ3v) is 7.55. The fourth-order valence-corrected chi connectivity index (χ4v) is 5.11. The number of benzene rings is 1. The summed E-state index contributed by atoms with van der Waals surface area (Å²) in [6.45, 7) is 4.68. The Hall–Kier alpha value is -2.62. The van der Waals surface area contributed by atoms with Gasteiger partial charge in [-0.3, -0.25) is 4.79 Å². The molecule has 0 N–H and O–H groups in total. The van der Waals surface area contributed by atoms with Crippen molar-refractivity contribution < 1.29 is 22.2 Å². The summed E-state index contributed by atoms with van der Waals surface area (Å²) in [7, 11) is -3.63. The Morgan fingerprint density at radius 2 is 1.74 bits per heavy atom. The summed E-state index contributed by atoms with van der Waals surface area (Å²) in [4.78, 5) is 14.6. The van der Waals surface area contributed by atoms with Crippen LogP contribution in [0.25, 0.3) is 0 Å². The summed E-state index contributed by atoms with van der Waals surface area (Å²) in [6.07, 6.45) is 0.488. The molecule has 0 radical (unpaired) electrons. The lowest BCUT2D eigenvalue weighted by molar-refractivity contribution is 0.0664. The van der Waals surface area contributed by atoms with E-state index in [-0.39, 0.29) is 42.7 Å². The summed E-state index contributed by atoms with van der Waals surface area (Å²) >= 11 is 5.85. The lowest BCUT2D eigenvalue weighted by Gasteiger charge is -2.33. The van der Waals surface area contributed by atoms with Crippen molar-refractivity contribution in [2.24, 2.45) is 0 Å². The van der Waals surface area contributed by atoms with E-state index in [0.29, 0.717) is 17.2 Å². The second-order valence-corrected chi connectivity index (χ2v) is 9.77. The molecule has 1 saturated heterocycles. The van der Waals surface area contributed by atoms with Crippen LogP contribution in [0.2, 0.25) is 5.02 Å². The second-order valence-electron chi connectivity index (χ2n) is 7.40. The number of amides is 1. The highest BCUT2D eigenvalue weighted by molar-refractivity contribution is 7.89. The summed E-state index contributed by atoms with van der Waals surface area (Å²) < 4.78 is 37.9. The van der Waals surface area contributed by atoms with Crippen LogP contribution in [0.5, 0.6) is 0 Å². The number of aromatic nitrogens is 1. The molecule has 31 heavy (non-hydrogen) atoms. The van der Waals surface area contributed by atoms with Gasteiger partial charge in [0.1, 0.15) is 11.5 Å². The van der Waals surface area contributed by atoms with Crippen LogP contribution >= 0.6 is 11.6 Å². The number of halogens is 1. The Bertz CT molecular complexity index is 1170. The minimum absolute atomic E-state index is 0.187. The van der Waals surface area contributed by atoms with Crippen LogP contribution in [0.3, 0.4) is 0 Å². The third kappa shape index (κ3) is 4.39. The molecule has 0 atom stereocenters. The second kappa shape index (κ2) is 8.49. The Morgan fingerprint density at radius 1 is 1.06 bits per heavy atom. The van der Waals surface area contributed by atoms with E-state index in [1.54, 1.807) is 29.2 Å². The average molecular weight is 464 g/mol. The van der Waals surface area contributed by atoms with Crippen molar-refractivity contribution in [1.29, 1.82) is 0 Å². The molecule has 1 amide bonds. The van der Waals surface area contributed by atoms with Crippen molar-refractivity contribution in [2.45, 2.75) is 25.2 Å². The van der Waals surface area contributed by atoms with Crippen LogP contribution in [0.4, 0.5) is 0 Å². The predicted octanol–water partition coefficient (Wildman–Crippen LogP) is 3.28. The zero-order valence-electron chi connectivity index (χ0n) is 17.2. The quantitative estimate of drug-likeness (QED) is 0.576. The number of hydrogen-bond donors (Lipinski definition) is 0. The standard InChI is InChI=1S/C21H22ClN3O5S/c1-14-19(15(2)30-23-14)13-17-5-8-20(29-17)21(26)24-9-11-25(12-10-24)31(27,28)18-6-3-16(22)4-7-18/h3-8H,9-13H2,1-2H3. The number of aryl methyl sites for hydroxylation is 2. The number of carbonyl (C=O) groups excluding carboxylic acids is 1. The zero-order chi connectivity index (χ0) is 22.2. The van der Waals surface area contributed by atoms with E-state index in [1.165, 1.54) is 16.4 Å². The highest BCUT2D eigenvalue weighted by Gasteiger charge is 2.31. The van der Waals surface area contributed by atoms with Gasteiger partial charge < -0.3 is 13.8 Å². The van der Waals surface area contributed by atoms with E-state index in [4.69, 9.17) is 20.5 Å². The molecule has 0 aliphatic carbocycles. The number of carbonyl (C=O) groups is 1. The first-order valence-electron chi connectivity index (χ1n) is 9.81. The summed E-state index contributed by atoms with van der Waals surface area (Å²) in [5.74, 6) is 1.34. The smallest absolute Gasteiger partial charge is 0.289 e. The van der Waals surface area contributed by atoms with E-state index in [2.05, 4.69) is 5.16 Å². The van der Waals surface area contributed by atoms with Crippen molar-refractivity contribution in [2.75, 3.05) is 26.2 Å². The Kier molecular flexibility index (Phi) is 5.92. The number of nitrogens with zero attached hydrogens (tertiary/aromatic N) is 3. The summed E-state index contributed by atoms with van der Waals surface area (Å²) in [5, 5.41) is 4.40. The van der Waals surface area contributed by atoms with E-state index in [0.717, 1.165) is 17.0 Å². The lowest BCUT2D eigenvalue weighted by Crippen LogP contribution is -2.50. The molecule has 0 unspecified atom stereocenters. The SMILES string of the molecule is Cc1noc(C)c1Cc1ccc(C(=O)N2CCN(S(=O)(=O)c3ccc(Cl)cc3)CC2)o1. The predicted molar refractivity (Wildman–Crippen MR) is 114 cm³/mol. The average Bonchev–Trinajstić information content (AvgIpc) is 3.36. The molecule has 10 heteroatoms. The Labute approximate surface area is 185 Å². The molecule has 2 aromatic heterocycles. The molecule has 1 aliphatic rings. The fraction of sp³-hybridized carbons (Fsp3) is 0.333. The fourth-order valence-electron chi connectivity index (χ4n) is 3.56. The maximum atomic E-state index is 12.8. The Morgan fingerprint density at radius 3 is 2.35 bits per heavy atom. The van der Waals surface area contributed by atoms with Crippen LogP contribution in [0.15, 0.2) is 50.2 Å². The molecule has 1 aliphatic heterocycles. The van der Waals surface area contributed by atoms with Crippen LogP contribution < -0.4 is 0 Å². The molecule has 164 valence electrons. The van der Waals surface area contributed by atoms with Crippen LogP contribution in [0, 0.1) is 13.8 Å². The summed E-state index contributed by atoms with van der Waals surface area (Å²) in [6, 6.07) is 9.47. The zero-order valence-corrected chi connectivity index (χ0v) is 18.7. The van der Waals surface area contributed by atoms with Gasteiger partial charge in [-0.15, -0.1) is 0 Å². The molecular formula is C21H22ClN3O5S. The largest absolute Gasteiger partial charge is 0.456 e. The van der Waals surface area contributed by atoms with E-state index in [9.17, 15) is 13.2 Å². The summed E-state index contributed by atoms with van der Waals surface area (Å²) in [5.41, 5.74) is 1.73. The number of furan rings is 1. The topological polar surface area (TPSA) is 96.9 Å². The molecule has 3 aromatic rings. The van der Waals surface area contributed by atoms with Gasteiger partial charge in [-0.2, -0.15) is 4.31 Å². The van der Waals surface area contributed by atoms with Crippen molar-refractivity contribution in [3.8, 4) is 0 Å². The first-order valence-corrected chi connectivity index (χ1v) is 11.6. The van der Waals surface area contributed by atoms with Gasteiger partial charge >= 0.3 is 0 Å². The minimum atomic E-state index is -3.63. The molecule has 0 saturated carbocycles. The first-order chi connectivity index (χ1) is 14.8. The van der Waals surface area contributed by atoms with Gasteiger partial charge in [0.25, 0.3) is 5.91 Å². The van der Waals surface area contributed by atoms with Crippen LogP contribution in [0.1, 0.15) is 33.3 Å². The van der Waals surface area contributed by atoms with Crippen molar-refractivity contribution in [3.63, 3.8) is 0 Å². The molecule has 0 bridgehead atoms. The lowest BCUT2D eigenvalue weighted by atomic mass is 10.1. The number of piperazine rings is 1. The molecule has 1 fully saturated rings. The van der Waals surface area contributed by atoms with Gasteiger partial charge in [-0.25, -0.2) is 8.42 Å². The van der Waals surface area contributed by atoms with Gasteiger partial charge in [-0.05, 0) is 50.2 Å². The molecular weight excluding hydrogens is 442 g/mol. The van der Waals surface area contributed by atoms with Gasteiger partial charge in [0, 0.05) is 43.2 Å². The van der Waals surface area contributed by atoms with Crippen molar-refractivity contribution in [1.82, 2.24) is 14.4 Å². The Balaban J connectivity index is 1.39. The van der Waals surface area contributed by atoms with E-state index >= 15 is 0 Å². The van der Waals surface area contributed by atoms with E-state index < -0.39 is 10.0 Å². The minimum Gasteiger partial charge on any atom is -0.456 e. The first kappa shape index (κ1) is 21.6. The molecule has 4 rings (SSSR count). The molecule has 1 aromatic carbocycles. The highest BCUT2D eigenvalue weighted by Crippen LogP contribution is 2.22. The third-order valence-electron chi connectivity index (χ3n) is 5.38. The highest BCUT2D eigenvalue weighted by atomic mass is 35.5. The van der Waals surface area contributed by atoms with Crippen LogP contribution in [-0.4, -0.2) is 54.9 Å². The normalized spacial score (nSPS) is 15.4. The van der Waals surface area contributed by atoms with Gasteiger partial charge in [-0.1, -0.05) is 16.8 Å². The number of sulfonamides is 1. The monoisotopic (exact) mass is 463 g/mol. The van der Waals surface area contributed by atoms with Gasteiger partial charge in [0.15, 0.2) is 5.76 Å². The number of hydrogen-bond acceptors (Lipinski definition) is 6. The maximum Gasteiger partial charge on any atom is 0.289 e. The van der Waals surface area contributed by atoms with Gasteiger partial charge in [0.05, 0.1) is 10.6 Å². The van der Waals surface area contributed by atoms with Crippen molar-refractivity contribution >= 4 is 27.5 Å². The molecule has 0 spiro atoms. The van der Waals surface area contributed by atoms with Crippen molar-refractivity contribution in [3.05, 3.63) is 70.0 Å². The maximum absolute atomic E-state index is 12.8. The molecule has 8 nitrogen and oxygen atoms in total. The van der Waals surface area contributed by atoms with Crippen LogP contribution in [-0.2, 0) is 16.4 Å². The van der Waals surface area contributed by atoms with Gasteiger partial charge in [0.2, 0.25) is 10.0 Å². The van der Waals surface area contributed by atoms with E-state index in [1.807, 2.05) is 13.8 Å².